The molecule has 0 saturated carbocycles. The van der Waals surface area contributed by atoms with Crippen LogP contribution in [0.2, 0.25) is 0 Å². The zero-order valence-electron chi connectivity index (χ0n) is 33.5. The molecule has 0 bridgehead atoms. The van der Waals surface area contributed by atoms with Crippen LogP contribution in [0.5, 0.6) is 0 Å². The van der Waals surface area contributed by atoms with E-state index in [2.05, 4.69) is 188 Å². The fourth-order valence-corrected chi connectivity index (χ4v) is 9.87. The summed E-state index contributed by atoms with van der Waals surface area (Å²) < 4.78 is 9.55. The van der Waals surface area contributed by atoms with Gasteiger partial charge < -0.3 is 17.9 Å². The van der Waals surface area contributed by atoms with Crippen LogP contribution in [0.1, 0.15) is 11.1 Å². The average Bonchev–Trinajstić information content (AvgIpc) is 4.13. The SMILES string of the molecule is c1ccc(-c2nnc(-c3ccccc3)n2Cc2ccc3c4c2c2ccccc2n4c2ccc(Cn4c(-c5ccccc5)nnc4-c4ccccc4)c4c5ccccc5n3c42)cc1. The second-order valence-electron chi connectivity index (χ2n) is 16.0. The first-order chi connectivity index (χ1) is 30.8. The molecule has 8 nitrogen and oxygen atoms in total. The normalized spacial score (nSPS) is 12.0. The summed E-state index contributed by atoms with van der Waals surface area (Å²) in [7, 11) is 0. The number of aromatic nitrogens is 8. The van der Waals surface area contributed by atoms with E-state index in [1.165, 1.54) is 54.7 Å². The molecule has 0 amide bonds. The highest BCUT2D eigenvalue weighted by atomic mass is 15.3. The quantitative estimate of drug-likeness (QED) is 0.144. The molecule has 0 fully saturated rings. The van der Waals surface area contributed by atoms with Crippen LogP contribution in [0.15, 0.2) is 194 Å². The van der Waals surface area contributed by atoms with Crippen molar-refractivity contribution < 1.29 is 0 Å². The molecule has 0 unspecified atom stereocenters. The highest BCUT2D eigenvalue weighted by molar-refractivity contribution is 6.23. The van der Waals surface area contributed by atoms with Crippen molar-refractivity contribution in [1.29, 1.82) is 0 Å². The number of rotatable bonds is 8. The largest absolute Gasteiger partial charge is 0.305 e. The zero-order chi connectivity index (χ0) is 40.7. The lowest BCUT2D eigenvalue weighted by atomic mass is 10.0. The van der Waals surface area contributed by atoms with Crippen LogP contribution in [-0.2, 0) is 13.1 Å². The van der Waals surface area contributed by atoms with Gasteiger partial charge in [-0.25, -0.2) is 0 Å². The second-order valence-corrected chi connectivity index (χ2v) is 16.0. The van der Waals surface area contributed by atoms with Crippen molar-refractivity contribution >= 4 is 54.6 Å². The molecule has 0 radical (unpaired) electrons. The summed E-state index contributed by atoms with van der Waals surface area (Å²) in [4.78, 5) is 0. The minimum absolute atomic E-state index is 0.590. The van der Waals surface area contributed by atoms with Crippen LogP contribution in [-0.4, -0.2) is 38.3 Å². The molecule has 5 heterocycles. The van der Waals surface area contributed by atoms with Gasteiger partial charge in [0.2, 0.25) is 0 Å². The summed E-state index contributed by atoms with van der Waals surface area (Å²) in [5.74, 6) is 3.36. The van der Waals surface area contributed by atoms with Crippen LogP contribution in [0, 0.1) is 0 Å². The Morgan fingerprint density at radius 3 is 0.935 bits per heavy atom. The first kappa shape index (κ1) is 34.5. The van der Waals surface area contributed by atoms with Crippen LogP contribution >= 0.6 is 0 Å². The third-order valence-electron chi connectivity index (χ3n) is 12.5. The Morgan fingerprint density at radius 2 is 0.597 bits per heavy atom. The molecule has 292 valence electrons. The van der Waals surface area contributed by atoms with Gasteiger partial charge in [-0.05, 0) is 35.4 Å². The maximum Gasteiger partial charge on any atom is 0.164 e. The van der Waals surface area contributed by atoms with Crippen LogP contribution < -0.4 is 0 Å². The second kappa shape index (κ2) is 13.6. The Kier molecular flexibility index (Phi) is 7.56. The van der Waals surface area contributed by atoms with Gasteiger partial charge >= 0.3 is 0 Å². The molecule has 0 saturated heterocycles. The number of hydrogen-bond donors (Lipinski definition) is 0. The lowest BCUT2D eigenvalue weighted by molar-refractivity contribution is 0.817. The maximum absolute atomic E-state index is 4.81. The lowest BCUT2D eigenvalue weighted by Gasteiger charge is -2.16. The van der Waals surface area contributed by atoms with E-state index in [-0.39, 0.29) is 0 Å². The van der Waals surface area contributed by atoms with E-state index in [4.69, 9.17) is 20.4 Å². The molecule has 8 aromatic carbocycles. The summed E-state index contributed by atoms with van der Waals surface area (Å²) in [6.07, 6.45) is 0. The standard InChI is InChI=1S/C54H36N8/c1-5-17-35(18-6-1)51-55-56-52(36-19-7-2-8-20-36)59(51)33-39-29-31-45-49-47(39)41-25-13-15-27-43(41)61(49)46-32-30-40(48-42-26-14-16-28-44(42)62(45)50(46)48)34-60-53(37-21-9-3-10-22-37)57-58-54(60)38-23-11-4-12-24-38/h1-32H,33-34H2. The van der Waals surface area contributed by atoms with Gasteiger partial charge in [-0.15, -0.1) is 20.4 Å². The summed E-state index contributed by atoms with van der Waals surface area (Å²) in [6, 6.07) is 68.5. The van der Waals surface area contributed by atoms with Gasteiger partial charge in [-0.3, -0.25) is 0 Å². The van der Waals surface area contributed by atoms with Crippen molar-refractivity contribution in [2.75, 3.05) is 0 Å². The molecule has 13 rings (SSSR count). The Morgan fingerprint density at radius 1 is 0.290 bits per heavy atom. The third-order valence-corrected chi connectivity index (χ3v) is 12.5. The molecule has 0 spiro atoms. The van der Waals surface area contributed by atoms with Gasteiger partial charge in [0.05, 0.1) is 46.2 Å². The fourth-order valence-electron chi connectivity index (χ4n) is 9.87. The third kappa shape index (κ3) is 5.07. The molecule has 0 aliphatic heterocycles. The van der Waals surface area contributed by atoms with Crippen LogP contribution in [0.3, 0.4) is 0 Å². The smallest absolute Gasteiger partial charge is 0.164 e. The van der Waals surface area contributed by atoms with E-state index in [9.17, 15) is 0 Å². The fraction of sp³-hybridized carbons (Fsp3) is 0.0370. The molecule has 13 aromatic rings. The van der Waals surface area contributed by atoms with Crippen molar-refractivity contribution in [2.24, 2.45) is 0 Å². The van der Waals surface area contributed by atoms with Crippen LogP contribution in [0.25, 0.3) is 100 Å². The van der Waals surface area contributed by atoms with Gasteiger partial charge in [0, 0.05) is 43.8 Å². The summed E-state index contributed by atoms with van der Waals surface area (Å²) in [5.41, 5.74) is 13.6. The predicted molar refractivity (Wildman–Crippen MR) is 250 cm³/mol. The lowest BCUT2D eigenvalue weighted by Crippen LogP contribution is -2.07. The maximum atomic E-state index is 4.81. The van der Waals surface area contributed by atoms with E-state index >= 15 is 0 Å². The molecule has 5 aromatic heterocycles. The monoisotopic (exact) mass is 796 g/mol. The minimum Gasteiger partial charge on any atom is -0.305 e. The molecule has 0 aliphatic carbocycles. The van der Waals surface area contributed by atoms with Crippen LogP contribution in [0.4, 0.5) is 0 Å². The van der Waals surface area contributed by atoms with E-state index in [1.54, 1.807) is 0 Å². The van der Waals surface area contributed by atoms with E-state index in [0.717, 1.165) is 56.6 Å². The average molecular weight is 797 g/mol. The van der Waals surface area contributed by atoms with Gasteiger partial charge in [-0.2, -0.15) is 0 Å². The molecule has 62 heavy (non-hydrogen) atoms. The number of fused-ring (bicyclic) bond motifs is 8. The Bertz CT molecular complexity index is 3420. The van der Waals surface area contributed by atoms with E-state index in [1.807, 2.05) is 24.3 Å². The molecular formula is C54H36N8. The Balaban J connectivity index is 1.07. The Labute approximate surface area is 355 Å². The van der Waals surface area contributed by atoms with E-state index in [0.29, 0.717) is 13.1 Å². The van der Waals surface area contributed by atoms with Gasteiger partial charge in [0.15, 0.2) is 23.3 Å². The Hall–Kier alpha value is -8.36. The number of benzene rings is 8. The zero-order valence-corrected chi connectivity index (χ0v) is 33.5. The summed E-state index contributed by atoms with van der Waals surface area (Å²) in [5, 5.41) is 24.1. The number of para-hydroxylation sites is 2. The predicted octanol–water partition coefficient (Wildman–Crippen LogP) is 12.2. The van der Waals surface area contributed by atoms with Crippen molar-refractivity contribution in [3.05, 3.63) is 205 Å². The van der Waals surface area contributed by atoms with Gasteiger partial charge in [0.1, 0.15) is 0 Å². The first-order valence-corrected chi connectivity index (χ1v) is 21.0. The van der Waals surface area contributed by atoms with Crippen molar-refractivity contribution in [3.63, 3.8) is 0 Å². The highest BCUT2D eigenvalue weighted by Gasteiger charge is 2.26. The topological polar surface area (TPSA) is 70.2 Å². The summed E-state index contributed by atoms with van der Waals surface area (Å²) >= 11 is 0. The highest BCUT2D eigenvalue weighted by Crippen LogP contribution is 2.44. The molecule has 0 atom stereocenters. The van der Waals surface area contributed by atoms with Gasteiger partial charge in [0.25, 0.3) is 0 Å². The summed E-state index contributed by atoms with van der Waals surface area (Å²) in [6.45, 7) is 1.18. The van der Waals surface area contributed by atoms with E-state index < -0.39 is 0 Å². The van der Waals surface area contributed by atoms with Crippen molar-refractivity contribution in [3.8, 4) is 45.6 Å². The van der Waals surface area contributed by atoms with Crippen molar-refractivity contribution in [2.45, 2.75) is 13.1 Å². The molecule has 8 heteroatoms. The number of nitrogens with zero attached hydrogens (tertiary/aromatic N) is 8. The van der Waals surface area contributed by atoms with Crippen molar-refractivity contribution in [1.82, 2.24) is 38.3 Å². The first-order valence-electron chi connectivity index (χ1n) is 21.0. The molecule has 0 N–H and O–H groups in total. The molecule has 0 aliphatic rings. The minimum atomic E-state index is 0.590. The van der Waals surface area contributed by atoms with Gasteiger partial charge in [-0.1, -0.05) is 170 Å². The molecular weight excluding hydrogens is 761 g/mol. The number of hydrogen-bond acceptors (Lipinski definition) is 4.